The Morgan fingerprint density at radius 3 is 2.76 bits per heavy atom. The summed E-state index contributed by atoms with van der Waals surface area (Å²) in [7, 11) is -3.17. The van der Waals surface area contributed by atoms with Crippen LogP contribution in [0.4, 0.5) is 10.1 Å². The molecule has 0 aliphatic carbocycles. The van der Waals surface area contributed by atoms with Gasteiger partial charge in [-0.3, -0.25) is 9.59 Å². The van der Waals surface area contributed by atoms with Gasteiger partial charge >= 0.3 is 0 Å². The predicted octanol–water partition coefficient (Wildman–Crippen LogP) is 1.24. The van der Waals surface area contributed by atoms with Crippen LogP contribution < -0.4 is 5.32 Å². The summed E-state index contributed by atoms with van der Waals surface area (Å²) in [6.07, 6.45) is 0.565. The molecule has 25 heavy (non-hydrogen) atoms. The smallest absolute Gasteiger partial charge is 0.271 e. The lowest BCUT2D eigenvalue weighted by Gasteiger charge is -2.27. The van der Waals surface area contributed by atoms with E-state index in [4.69, 9.17) is 0 Å². The Morgan fingerprint density at radius 2 is 2.12 bits per heavy atom. The molecule has 1 fully saturated rings. The van der Waals surface area contributed by atoms with Crippen LogP contribution in [0.15, 0.2) is 23.3 Å². The maximum atomic E-state index is 13.6. The van der Waals surface area contributed by atoms with E-state index >= 15 is 0 Å². The van der Waals surface area contributed by atoms with E-state index in [1.165, 1.54) is 6.07 Å². The second-order valence-corrected chi connectivity index (χ2v) is 8.49. The van der Waals surface area contributed by atoms with Gasteiger partial charge in [0.05, 0.1) is 17.5 Å². The molecule has 1 aromatic carbocycles. The lowest BCUT2D eigenvalue weighted by atomic mass is 10.1. The number of hydrazone groups is 1. The molecular weight excluding hydrogens is 349 g/mol. The number of sulfone groups is 1. The number of aryl methyl sites for hydroxylation is 1. The van der Waals surface area contributed by atoms with Gasteiger partial charge in [0.2, 0.25) is 5.91 Å². The molecule has 1 N–H and O–H groups in total. The monoisotopic (exact) mass is 367 g/mol. The molecule has 2 aliphatic heterocycles. The molecule has 2 amide bonds. The maximum absolute atomic E-state index is 13.6. The molecule has 2 aliphatic rings. The van der Waals surface area contributed by atoms with Crippen LogP contribution >= 0.6 is 0 Å². The molecule has 9 heteroatoms. The molecule has 2 heterocycles. The lowest BCUT2D eigenvalue weighted by molar-refractivity contribution is -0.133. The highest BCUT2D eigenvalue weighted by Crippen LogP contribution is 2.22. The Balaban J connectivity index is 1.76. The summed E-state index contributed by atoms with van der Waals surface area (Å²) in [5, 5.41) is 7.76. The van der Waals surface area contributed by atoms with Gasteiger partial charge in [-0.25, -0.2) is 17.8 Å². The van der Waals surface area contributed by atoms with Crippen molar-refractivity contribution >= 4 is 33.1 Å². The average molecular weight is 367 g/mol. The highest BCUT2D eigenvalue weighted by atomic mass is 32.2. The predicted molar refractivity (Wildman–Crippen MR) is 90.3 cm³/mol. The van der Waals surface area contributed by atoms with Gasteiger partial charge in [-0.1, -0.05) is 6.07 Å². The first kappa shape index (κ1) is 17.5. The summed E-state index contributed by atoms with van der Waals surface area (Å²) in [6, 6.07) is 3.81. The highest BCUT2D eigenvalue weighted by molar-refractivity contribution is 7.91. The van der Waals surface area contributed by atoms with Crippen molar-refractivity contribution in [2.45, 2.75) is 32.2 Å². The molecule has 0 spiro atoms. The summed E-state index contributed by atoms with van der Waals surface area (Å²) in [5.74, 6) is -1.38. The minimum absolute atomic E-state index is 0.0150. The van der Waals surface area contributed by atoms with Crippen LogP contribution in [0.1, 0.15) is 24.8 Å². The van der Waals surface area contributed by atoms with Crippen LogP contribution in [0.25, 0.3) is 0 Å². The van der Waals surface area contributed by atoms with Gasteiger partial charge < -0.3 is 5.32 Å². The number of rotatable bonds is 3. The van der Waals surface area contributed by atoms with E-state index < -0.39 is 27.6 Å². The molecule has 0 aromatic heterocycles. The van der Waals surface area contributed by atoms with Crippen molar-refractivity contribution in [1.29, 1.82) is 0 Å². The summed E-state index contributed by atoms with van der Waals surface area (Å²) in [5.41, 5.74) is 0.889. The third-order valence-corrected chi connectivity index (χ3v) is 6.06. The fraction of sp³-hybridized carbons (Fsp3) is 0.438. The van der Waals surface area contributed by atoms with E-state index in [0.29, 0.717) is 17.7 Å². The van der Waals surface area contributed by atoms with E-state index in [2.05, 4.69) is 10.4 Å². The lowest BCUT2D eigenvalue weighted by Crippen LogP contribution is -2.42. The largest absolute Gasteiger partial charge is 0.321 e. The van der Waals surface area contributed by atoms with Gasteiger partial charge in [0.15, 0.2) is 9.84 Å². The van der Waals surface area contributed by atoms with Gasteiger partial charge in [-0.2, -0.15) is 5.10 Å². The van der Waals surface area contributed by atoms with Crippen molar-refractivity contribution in [2.75, 3.05) is 16.8 Å². The van der Waals surface area contributed by atoms with E-state index in [1.807, 2.05) is 0 Å². The standard InChI is InChI=1S/C16H18FN3O4S/c1-10-2-3-11(8-13(10)17)18-16(22)14-4-5-15(21)20(19-14)12-6-7-25(23,24)9-12/h2-3,8,12H,4-7,9H2,1H3,(H,18,22)/t12-/m1/s1. The fourth-order valence-corrected chi connectivity index (χ4v) is 4.55. The number of anilines is 1. The summed E-state index contributed by atoms with van der Waals surface area (Å²) < 4.78 is 36.8. The van der Waals surface area contributed by atoms with E-state index in [0.717, 1.165) is 5.01 Å². The third kappa shape index (κ3) is 3.87. The van der Waals surface area contributed by atoms with Gasteiger partial charge in [-0.05, 0) is 31.0 Å². The third-order valence-electron chi connectivity index (χ3n) is 4.31. The van der Waals surface area contributed by atoms with Crippen LogP contribution in [0.5, 0.6) is 0 Å². The van der Waals surface area contributed by atoms with Gasteiger partial charge in [0.1, 0.15) is 11.5 Å². The van der Waals surface area contributed by atoms with Gasteiger partial charge in [-0.15, -0.1) is 0 Å². The summed E-state index contributed by atoms with van der Waals surface area (Å²) >= 11 is 0. The van der Waals surface area contributed by atoms with Crippen molar-refractivity contribution in [3.05, 3.63) is 29.6 Å². The number of amides is 2. The molecule has 3 rings (SSSR count). The first-order valence-electron chi connectivity index (χ1n) is 7.92. The molecule has 1 aromatic rings. The second kappa shape index (κ2) is 6.55. The first-order chi connectivity index (χ1) is 11.7. The molecule has 0 unspecified atom stereocenters. The second-order valence-electron chi connectivity index (χ2n) is 6.26. The topological polar surface area (TPSA) is 95.9 Å². The Hall–Kier alpha value is -2.29. The molecule has 0 saturated carbocycles. The van der Waals surface area contributed by atoms with Crippen LogP contribution in [0, 0.1) is 12.7 Å². The number of benzene rings is 1. The number of carbonyl (C=O) groups excluding carboxylic acids is 2. The minimum atomic E-state index is -3.17. The summed E-state index contributed by atoms with van der Waals surface area (Å²) in [4.78, 5) is 24.4. The van der Waals surface area contributed by atoms with E-state index in [-0.39, 0.29) is 36.0 Å². The van der Waals surface area contributed by atoms with Crippen molar-refractivity contribution in [3.8, 4) is 0 Å². The molecule has 7 nitrogen and oxygen atoms in total. The number of hydrogen-bond acceptors (Lipinski definition) is 5. The van der Waals surface area contributed by atoms with Crippen molar-refractivity contribution in [1.82, 2.24) is 5.01 Å². The van der Waals surface area contributed by atoms with Crippen LogP contribution in [-0.4, -0.2) is 48.5 Å². The number of nitrogens with one attached hydrogen (secondary N) is 1. The maximum Gasteiger partial charge on any atom is 0.271 e. The van der Waals surface area contributed by atoms with Crippen molar-refractivity contribution in [3.63, 3.8) is 0 Å². The Bertz CT molecular complexity index is 866. The van der Waals surface area contributed by atoms with Crippen LogP contribution in [0.3, 0.4) is 0 Å². The number of hydrogen-bond donors (Lipinski definition) is 1. The average Bonchev–Trinajstić information content (AvgIpc) is 2.91. The Labute approximate surface area is 144 Å². The van der Waals surface area contributed by atoms with Gasteiger partial charge in [0, 0.05) is 18.5 Å². The van der Waals surface area contributed by atoms with Crippen LogP contribution in [0.2, 0.25) is 0 Å². The molecule has 1 atom stereocenters. The number of halogens is 1. The molecular formula is C16H18FN3O4S. The zero-order valence-corrected chi connectivity index (χ0v) is 14.5. The SMILES string of the molecule is Cc1ccc(NC(=O)C2=NN([C@@H]3CCS(=O)(=O)C3)C(=O)CC2)cc1F. The zero-order chi connectivity index (χ0) is 18.2. The quantitative estimate of drug-likeness (QED) is 0.869. The highest BCUT2D eigenvalue weighted by Gasteiger charge is 2.37. The molecule has 0 radical (unpaired) electrons. The van der Waals surface area contributed by atoms with E-state index in [9.17, 15) is 22.4 Å². The van der Waals surface area contributed by atoms with Crippen molar-refractivity contribution < 1.29 is 22.4 Å². The molecule has 134 valence electrons. The van der Waals surface area contributed by atoms with Crippen LogP contribution in [-0.2, 0) is 19.4 Å². The van der Waals surface area contributed by atoms with Crippen molar-refractivity contribution in [2.24, 2.45) is 5.10 Å². The minimum Gasteiger partial charge on any atom is -0.321 e. The van der Waals surface area contributed by atoms with E-state index in [1.54, 1.807) is 19.1 Å². The normalized spacial score (nSPS) is 22.6. The summed E-state index contributed by atoms with van der Waals surface area (Å²) in [6.45, 7) is 1.62. The Morgan fingerprint density at radius 1 is 1.36 bits per heavy atom. The molecule has 1 saturated heterocycles. The van der Waals surface area contributed by atoms with Gasteiger partial charge in [0.25, 0.3) is 5.91 Å². The number of carbonyl (C=O) groups is 2. The zero-order valence-electron chi connectivity index (χ0n) is 13.7. The Kier molecular flexibility index (Phi) is 4.59. The first-order valence-corrected chi connectivity index (χ1v) is 9.75. The fourth-order valence-electron chi connectivity index (χ4n) is 2.86. The number of nitrogens with zero attached hydrogens (tertiary/aromatic N) is 2. The molecule has 0 bridgehead atoms.